The van der Waals surface area contributed by atoms with E-state index in [-0.39, 0.29) is 17.2 Å². The van der Waals surface area contributed by atoms with Gasteiger partial charge in [-0.3, -0.25) is 4.79 Å². The van der Waals surface area contributed by atoms with Crippen LogP contribution in [0.4, 0.5) is 0 Å². The van der Waals surface area contributed by atoms with Gasteiger partial charge in [-0.25, -0.2) is 4.79 Å². The minimum Gasteiger partial charge on any atom is -0.504 e. The number of hydrogen-bond donors (Lipinski definition) is 3. The van der Waals surface area contributed by atoms with Crippen LogP contribution in [0.1, 0.15) is 30.1 Å². The first-order chi connectivity index (χ1) is 9.40. The molecule has 1 aliphatic heterocycles. The molecule has 3 N–H and O–H groups in total. The Morgan fingerprint density at radius 3 is 2.55 bits per heavy atom. The van der Waals surface area contributed by atoms with Gasteiger partial charge in [0.2, 0.25) is 0 Å². The molecule has 2 rings (SSSR count). The van der Waals surface area contributed by atoms with Crippen LogP contribution in [0.5, 0.6) is 11.5 Å². The summed E-state index contributed by atoms with van der Waals surface area (Å²) in [5.41, 5.74) is 0.168. The lowest BCUT2D eigenvalue weighted by Crippen LogP contribution is -2.49. The first kappa shape index (κ1) is 14.2. The molecule has 6 nitrogen and oxygen atoms in total. The number of phenolic OH excluding ortho intramolecular Hbond substituents is 2. The lowest BCUT2D eigenvalue weighted by atomic mass is 9.92. The third-order valence-corrected chi connectivity index (χ3v) is 3.63. The molecule has 0 aliphatic carbocycles. The van der Waals surface area contributed by atoms with Crippen LogP contribution in [0.2, 0.25) is 0 Å². The first-order valence-electron chi connectivity index (χ1n) is 6.46. The predicted molar refractivity (Wildman–Crippen MR) is 70.6 cm³/mol. The highest BCUT2D eigenvalue weighted by atomic mass is 16.4. The summed E-state index contributed by atoms with van der Waals surface area (Å²) in [6, 6.07) is 2.88. The Morgan fingerprint density at radius 2 is 1.95 bits per heavy atom. The van der Waals surface area contributed by atoms with Gasteiger partial charge in [-0.2, -0.15) is 0 Å². The van der Waals surface area contributed by atoms with Crippen LogP contribution in [-0.2, 0) is 4.79 Å². The van der Waals surface area contributed by atoms with Crippen molar-refractivity contribution in [1.29, 1.82) is 0 Å². The fourth-order valence-electron chi connectivity index (χ4n) is 2.44. The second-order valence-corrected chi connectivity index (χ2v) is 5.19. The van der Waals surface area contributed by atoms with Crippen molar-refractivity contribution in [1.82, 2.24) is 4.90 Å². The van der Waals surface area contributed by atoms with E-state index in [4.69, 9.17) is 0 Å². The number of aliphatic carboxylic acids is 1. The lowest BCUT2D eigenvalue weighted by molar-refractivity contribution is -0.144. The maximum atomic E-state index is 12.4. The smallest absolute Gasteiger partial charge is 0.326 e. The van der Waals surface area contributed by atoms with Gasteiger partial charge in [0.05, 0.1) is 0 Å². The molecule has 6 heteroatoms. The maximum absolute atomic E-state index is 12.4. The van der Waals surface area contributed by atoms with Crippen LogP contribution in [0.25, 0.3) is 0 Å². The summed E-state index contributed by atoms with van der Waals surface area (Å²) in [4.78, 5) is 25.0. The first-order valence-corrected chi connectivity index (χ1v) is 6.46. The van der Waals surface area contributed by atoms with Gasteiger partial charge < -0.3 is 20.2 Å². The van der Waals surface area contributed by atoms with E-state index in [9.17, 15) is 24.9 Å². The Labute approximate surface area is 116 Å². The van der Waals surface area contributed by atoms with Crippen LogP contribution in [-0.4, -0.2) is 44.7 Å². The van der Waals surface area contributed by atoms with Gasteiger partial charge in [0.25, 0.3) is 5.91 Å². The molecule has 1 aromatic carbocycles. The highest BCUT2D eigenvalue weighted by molar-refractivity contribution is 5.97. The second-order valence-electron chi connectivity index (χ2n) is 5.19. The zero-order valence-corrected chi connectivity index (χ0v) is 11.1. The molecule has 2 atom stereocenters. The zero-order valence-electron chi connectivity index (χ0n) is 11.1. The normalized spacial score (nSPS) is 22.6. The van der Waals surface area contributed by atoms with E-state index in [2.05, 4.69) is 0 Å². The number of phenols is 2. The molecule has 0 saturated carbocycles. The number of benzene rings is 1. The Morgan fingerprint density at radius 1 is 1.25 bits per heavy atom. The van der Waals surface area contributed by atoms with Gasteiger partial charge >= 0.3 is 5.97 Å². The van der Waals surface area contributed by atoms with Crippen molar-refractivity contribution < 1.29 is 24.9 Å². The van der Waals surface area contributed by atoms with E-state index in [1.807, 2.05) is 6.92 Å². The van der Waals surface area contributed by atoms with Crippen molar-refractivity contribution in [2.45, 2.75) is 25.8 Å². The Hall–Kier alpha value is -2.24. The Kier molecular flexibility index (Phi) is 3.83. The average Bonchev–Trinajstić information content (AvgIpc) is 2.41. The topological polar surface area (TPSA) is 98.1 Å². The second kappa shape index (κ2) is 5.40. The molecule has 0 bridgehead atoms. The number of carbonyl (C=O) groups excluding carboxylic acids is 1. The van der Waals surface area contributed by atoms with Gasteiger partial charge in [-0.1, -0.05) is 6.92 Å². The highest BCUT2D eigenvalue weighted by Crippen LogP contribution is 2.28. The molecule has 0 aromatic heterocycles. The lowest BCUT2D eigenvalue weighted by Gasteiger charge is -2.36. The SMILES string of the molecule is CC1CCN(C(=O)c2ccc(O)c(O)c2)C(C(=O)O)C1. The van der Waals surface area contributed by atoms with E-state index in [1.165, 1.54) is 17.0 Å². The standard InChI is InChI=1S/C14H17NO5/c1-8-4-5-15(10(6-8)14(19)20)13(18)9-2-3-11(16)12(17)7-9/h2-3,7-8,10,16-17H,4-6H2,1H3,(H,19,20). The molecule has 1 aliphatic rings. The highest BCUT2D eigenvalue weighted by Gasteiger charge is 2.35. The molecule has 0 radical (unpaired) electrons. The number of nitrogens with zero attached hydrogens (tertiary/aromatic N) is 1. The largest absolute Gasteiger partial charge is 0.504 e. The van der Waals surface area contributed by atoms with E-state index in [1.54, 1.807) is 0 Å². The molecule has 1 heterocycles. The summed E-state index contributed by atoms with van der Waals surface area (Å²) in [5, 5.41) is 27.9. The van der Waals surface area contributed by atoms with Crippen molar-refractivity contribution in [2.75, 3.05) is 6.54 Å². The number of carboxylic acid groups (broad SMARTS) is 1. The number of aromatic hydroxyl groups is 2. The average molecular weight is 279 g/mol. The molecule has 0 spiro atoms. The van der Waals surface area contributed by atoms with E-state index >= 15 is 0 Å². The number of carbonyl (C=O) groups is 2. The molecule has 1 fully saturated rings. The summed E-state index contributed by atoms with van der Waals surface area (Å²) in [7, 11) is 0. The van der Waals surface area contributed by atoms with Gasteiger partial charge in [0.15, 0.2) is 11.5 Å². The summed E-state index contributed by atoms with van der Waals surface area (Å²) >= 11 is 0. The number of hydrogen-bond acceptors (Lipinski definition) is 4. The molecule has 1 saturated heterocycles. The summed E-state index contributed by atoms with van der Waals surface area (Å²) in [6.07, 6.45) is 1.17. The van der Waals surface area contributed by atoms with Gasteiger partial charge in [0.1, 0.15) is 6.04 Å². The fourth-order valence-corrected chi connectivity index (χ4v) is 2.44. The third-order valence-electron chi connectivity index (χ3n) is 3.63. The predicted octanol–water partition coefficient (Wildman–Crippen LogP) is 1.42. The Bertz CT molecular complexity index is 542. The number of amides is 1. The molecule has 20 heavy (non-hydrogen) atoms. The van der Waals surface area contributed by atoms with Gasteiger partial charge in [-0.05, 0) is 37.0 Å². The zero-order chi connectivity index (χ0) is 14.9. The van der Waals surface area contributed by atoms with Gasteiger partial charge in [-0.15, -0.1) is 0 Å². The van der Waals surface area contributed by atoms with E-state index in [0.717, 1.165) is 12.5 Å². The molecule has 108 valence electrons. The molecule has 2 unspecified atom stereocenters. The van der Waals surface area contributed by atoms with Crippen molar-refractivity contribution in [3.8, 4) is 11.5 Å². The summed E-state index contributed by atoms with van der Waals surface area (Å²) in [6.45, 7) is 2.34. The van der Waals surface area contributed by atoms with Crippen LogP contribution in [0, 0.1) is 5.92 Å². The van der Waals surface area contributed by atoms with Crippen molar-refractivity contribution >= 4 is 11.9 Å². The minimum absolute atomic E-state index is 0.168. The quantitative estimate of drug-likeness (QED) is 0.711. The summed E-state index contributed by atoms with van der Waals surface area (Å²) in [5.74, 6) is -1.92. The minimum atomic E-state index is -1.02. The van der Waals surface area contributed by atoms with Gasteiger partial charge in [0, 0.05) is 12.1 Å². The van der Waals surface area contributed by atoms with Crippen LogP contribution in [0.15, 0.2) is 18.2 Å². The maximum Gasteiger partial charge on any atom is 0.326 e. The van der Waals surface area contributed by atoms with Crippen LogP contribution < -0.4 is 0 Å². The monoisotopic (exact) mass is 279 g/mol. The van der Waals surface area contributed by atoms with Crippen molar-refractivity contribution in [3.05, 3.63) is 23.8 Å². The number of likely N-dealkylation sites (tertiary alicyclic amines) is 1. The fraction of sp³-hybridized carbons (Fsp3) is 0.429. The van der Waals surface area contributed by atoms with Crippen LogP contribution in [0.3, 0.4) is 0 Å². The van der Waals surface area contributed by atoms with Crippen molar-refractivity contribution in [3.63, 3.8) is 0 Å². The van der Waals surface area contributed by atoms with E-state index < -0.39 is 23.7 Å². The summed E-state index contributed by atoms with van der Waals surface area (Å²) < 4.78 is 0. The molecular weight excluding hydrogens is 262 g/mol. The Balaban J connectivity index is 2.26. The molecule has 1 aromatic rings. The van der Waals surface area contributed by atoms with E-state index in [0.29, 0.717) is 13.0 Å². The molecular formula is C14H17NO5. The van der Waals surface area contributed by atoms with Crippen molar-refractivity contribution in [2.24, 2.45) is 5.92 Å². The third kappa shape index (κ3) is 2.68. The number of piperidine rings is 1. The number of carboxylic acids is 1. The van der Waals surface area contributed by atoms with Crippen LogP contribution >= 0.6 is 0 Å². The molecule has 1 amide bonds. The number of rotatable bonds is 2.